The van der Waals surface area contributed by atoms with E-state index < -0.39 is 18.1 Å². The molecule has 0 aliphatic carbocycles. The molecule has 0 spiro atoms. The van der Waals surface area contributed by atoms with Crippen LogP contribution in [-0.4, -0.2) is 49.5 Å². The maximum Gasteiger partial charge on any atom is 0.408 e. The van der Waals surface area contributed by atoms with E-state index in [0.29, 0.717) is 0 Å². The summed E-state index contributed by atoms with van der Waals surface area (Å²) in [6.07, 6.45) is 2.33. The lowest BCUT2D eigenvalue weighted by molar-refractivity contribution is -0.141. The van der Waals surface area contributed by atoms with E-state index in [4.69, 9.17) is 10.2 Å². The SMILES string of the molecule is O=C(O)[C@H]1C[C@H](n2cccn2)CN1C(=O)O. The lowest BCUT2D eigenvalue weighted by atomic mass is 10.2. The summed E-state index contributed by atoms with van der Waals surface area (Å²) < 4.78 is 1.60. The molecule has 0 aromatic carbocycles. The van der Waals surface area contributed by atoms with Crippen molar-refractivity contribution in [2.75, 3.05) is 6.54 Å². The molecule has 7 nitrogen and oxygen atoms in total. The van der Waals surface area contributed by atoms with Crippen LogP contribution in [0.15, 0.2) is 18.5 Å². The number of amides is 1. The van der Waals surface area contributed by atoms with Crippen molar-refractivity contribution in [1.82, 2.24) is 14.7 Å². The Morgan fingerprint density at radius 3 is 2.56 bits per heavy atom. The predicted octanol–water partition coefficient (Wildman–Crippen LogP) is 0.261. The smallest absolute Gasteiger partial charge is 0.408 e. The monoisotopic (exact) mass is 225 g/mol. The highest BCUT2D eigenvalue weighted by molar-refractivity contribution is 5.80. The van der Waals surface area contributed by atoms with Gasteiger partial charge < -0.3 is 10.2 Å². The normalized spacial score (nSPS) is 24.6. The Bertz CT molecular complexity index is 381. The highest BCUT2D eigenvalue weighted by atomic mass is 16.4. The standard InChI is InChI=1S/C9H11N3O4/c13-8(14)7-4-6(5-11(7)9(15)16)12-3-1-2-10-12/h1-3,6-7H,4-5H2,(H,13,14)(H,15,16)/t6-,7+/m0/s1. The molecule has 2 heterocycles. The van der Waals surface area contributed by atoms with Crippen LogP contribution in [0.2, 0.25) is 0 Å². The third-order valence-corrected chi connectivity index (χ3v) is 2.71. The summed E-state index contributed by atoms with van der Waals surface area (Å²) in [5.74, 6) is -1.11. The number of aromatic nitrogens is 2. The Morgan fingerprint density at radius 2 is 2.12 bits per heavy atom. The molecule has 1 aromatic rings. The van der Waals surface area contributed by atoms with Gasteiger partial charge in [-0.2, -0.15) is 5.10 Å². The zero-order chi connectivity index (χ0) is 11.7. The largest absolute Gasteiger partial charge is 0.480 e. The fourth-order valence-corrected chi connectivity index (χ4v) is 1.95. The lowest BCUT2D eigenvalue weighted by Crippen LogP contribution is -2.39. The average molecular weight is 225 g/mol. The molecule has 0 unspecified atom stereocenters. The van der Waals surface area contributed by atoms with Crippen molar-refractivity contribution in [2.45, 2.75) is 18.5 Å². The van der Waals surface area contributed by atoms with Crippen molar-refractivity contribution >= 4 is 12.1 Å². The number of carbonyl (C=O) groups is 2. The van der Waals surface area contributed by atoms with Gasteiger partial charge in [-0.25, -0.2) is 9.59 Å². The van der Waals surface area contributed by atoms with Crippen LogP contribution >= 0.6 is 0 Å². The van der Waals surface area contributed by atoms with Crippen molar-refractivity contribution in [3.63, 3.8) is 0 Å². The molecule has 2 atom stereocenters. The van der Waals surface area contributed by atoms with E-state index in [2.05, 4.69) is 5.10 Å². The van der Waals surface area contributed by atoms with Crippen molar-refractivity contribution in [2.24, 2.45) is 0 Å². The van der Waals surface area contributed by atoms with E-state index in [9.17, 15) is 9.59 Å². The Balaban J connectivity index is 2.18. The quantitative estimate of drug-likeness (QED) is 0.752. The molecule has 1 amide bonds. The topological polar surface area (TPSA) is 95.7 Å². The molecule has 1 aromatic heterocycles. The van der Waals surface area contributed by atoms with Gasteiger partial charge in [0.1, 0.15) is 6.04 Å². The van der Waals surface area contributed by atoms with Crippen molar-refractivity contribution in [3.8, 4) is 0 Å². The number of rotatable bonds is 2. The summed E-state index contributed by atoms with van der Waals surface area (Å²) in [6.45, 7) is 0.161. The maximum atomic E-state index is 10.9. The van der Waals surface area contributed by atoms with Gasteiger partial charge in [0.25, 0.3) is 0 Å². The Kier molecular flexibility index (Phi) is 2.51. The first kappa shape index (κ1) is 10.5. The van der Waals surface area contributed by atoms with Crippen LogP contribution in [0.3, 0.4) is 0 Å². The van der Waals surface area contributed by atoms with E-state index >= 15 is 0 Å². The van der Waals surface area contributed by atoms with Gasteiger partial charge in [0.15, 0.2) is 0 Å². The van der Waals surface area contributed by atoms with Crippen LogP contribution in [-0.2, 0) is 4.79 Å². The van der Waals surface area contributed by atoms with Crippen molar-refractivity contribution in [3.05, 3.63) is 18.5 Å². The number of hydrogen-bond donors (Lipinski definition) is 2. The van der Waals surface area contributed by atoms with Gasteiger partial charge in [0.2, 0.25) is 0 Å². The molecule has 1 saturated heterocycles. The average Bonchev–Trinajstić information content (AvgIpc) is 2.86. The second kappa shape index (κ2) is 3.84. The molecular weight excluding hydrogens is 214 g/mol. The van der Waals surface area contributed by atoms with Crippen molar-refractivity contribution in [1.29, 1.82) is 0 Å². The Labute approximate surface area is 90.9 Å². The molecule has 0 saturated carbocycles. The van der Waals surface area contributed by atoms with Gasteiger partial charge in [-0.15, -0.1) is 0 Å². The molecule has 0 bridgehead atoms. The zero-order valence-electron chi connectivity index (χ0n) is 8.35. The maximum absolute atomic E-state index is 10.9. The van der Waals surface area contributed by atoms with E-state index in [1.807, 2.05) is 0 Å². The molecule has 7 heteroatoms. The summed E-state index contributed by atoms with van der Waals surface area (Å²) in [5, 5.41) is 21.8. The highest BCUT2D eigenvalue weighted by Gasteiger charge is 2.40. The molecule has 1 aliphatic heterocycles. The minimum Gasteiger partial charge on any atom is -0.480 e. The second-order valence-electron chi connectivity index (χ2n) is 3.66. The van der Waals surface area contributed by atoms with Gasteiger partial charge in [-0.1, -0.05) is 0 Å². The number of carboxylic acids is 1. The second-order valence-corrected chi connectivity index (χ2v) is 3.66. The first-order chi connectivity index (χ1) is 7.59. The predicted molar refractivity (Wildman–Crippen MR) is 52.0 cm³/mol. The van der Waals surface area contributed by atoms with Crippen LogP contribution < -0.4 is 0 Å². The van der Waals surface area contributed by atoms with E-state index in [1.54, 1.807) is 23.1 Å². The molecule has 16 heavy (non-hydrogen) atoms. The van der Waals surface area contributed by atoms with E-state index in [1.165, 1.54) is 0 Å². The number of aliphatic carboxylic acids is 1. The molecule has 1 fully saturated rings. The molecule has 0 radical (unpaired) electrons. The van der Waals surface area contributed by atoms with Gasteiger partial charge >= 0.3 is 12.1 Å². The highest BCUT2D eigenvalue weighted by Crippen LogP contribution is 2.26. The Morgan fingerprint density at radius 1 is 1.38 bits per heavy atom. The van der Waals surface area contributed by atoms with Crippen LogP contribution in [0.1, 0.15) is 12.5 Å². The minimum atomic E-state index is -1.21. The fourth-order valence-electron chi connectivity index (χ4n) is 1.95. The number of carboxylic acid groups (broad SMARTS) is 2. The van der Waals surface area contributed by atoms with Gasteiger partial charge in [-0.05, 0) is 6.07 Å². The molecule has 1 aliphatic rings. The molecule has 2 rings (SSSR count). The van der Waals surface area contributed by atoms with Crippen LogP contribution in [0.4, 0.5) is 4.79 Å². The third kappa shape index (κ3) is 1.71. The summed E-state index contributed by atoms with van der Waals surface area (Å²) in [5.41, 5.74) is 0. The van der Waals surface area contributed by atoms with Crippen molar-refractivity contribution < 1.29 is 19.8 Å². The van der Waals surface area contributed by atoms with Gasteiger partial charge in [-0.3, -0.25) is 9.58 Å². The fraction of sp³-hybridized carbons (Fsp3) is 0.444. The van der Waals surface area contributed by atoms with E-state index in [-0.39, 0.29) is 19.0 Å². The number of hydrogen-bond acceptors (Lipinski definition) is 3. The summed E-state index contributed by atoms with van der Waals surface area (Å²) in [6, 6.07) is 0.540. The van der Waals surface area contributed by atoms with Crippen LogP contribution in [0, 0.1) is 0 Å². The molecular formula is C9H11N3O4. The number of likely N-dealkylation sites (tertiary alicyclic amines) is 1. The third-order valence-electron chi connectivity index (χ3n) is 2.71. The van der Waals surface area contributed by atoms with Crippen LogP contribution in [0.5, 0.6) is 0 Å². The summed E-state index contributed by atoms with van der Waals surface area (Å²) >= 11 is 0. The number of nitrogens with zero attached hydrogens (tertiary/aromatic N) is 3. The lowest BCUT2D eigenvalue weighted by Gasteiger charge is -2.16. The summed E-state index contributed by atoms with van der Waals surface area (Å²) in [4.78, 5) is 22.7. The first-order valence-electron chi connectivity index (χ1n) is 4.81. The first-order valence-corrected chi connectivity index (χ1v) is 4.81. The summed E-state index contributed by atoms with van der Waals surface area (Å²) in [7, 11) is 0. The van der Waals surface area contributed by atoms with Gasteiger partial charge in [0, 0.05) is 25.4 Å². The molecule has 2 N–H and O–H groups in total. The van der Waals surface area contributed by atoms with Gasteiger partial charge in [0.05, 0.1) is 6.04 Å². The van der Waals surface area contributed by atoms with E-state index in [0.717, 1.165) is 4.90 Å². The minimum absolute atomic E-state index is 0.161. The van der Waals surface area contributed by atoms with Crippen LogP contribution in [0.25, 0.3) is 0 Å². The zero-order valence-corrected chi connectivity index (χ0v) is 8.35. The molecule has 86 valence electrons. The Hall–Kier alpha value is -2.05.